The summed E-state index contributed by atoms with van der Waals surface area (Å²) in [5.41, 5.74) is 4.79. The number of nitrogens with zero attached hydrogens (tertiary/aromatic N) is 1. The van der Waals surface area contributed by atoms with E-state index in [-0.39, 0.29) is 0 Å². The van der Waals surface area contributed by atoms with Gasteiger partial charge in [-0.3, -0.25) is 0 Å². The Morgan fingerprint density at radius 2 is 1.85 bits per heavy atom. The molecule has 0 bridgehead atoms. The van der Waals surface area contributed by atoms with E-state index in [0.717, 1.165) is 49.4 Å². The van der Waals surface area contributed by atoms with Gasteiger partial charge in [-0.25, -0.2) is 4.79 Å². The Hall–Kier alpha value is -2.49. The molecule has 1 aliphatic rings. The van der Waals surface area contributed by atoms with Gasteiger partial charge in [-0.1, -0.05) is 18.2 Å². The summed E-state index contributed by atoms with van der Waals surface area (Å²) in [7, 11) is 1.71. The molecule has 0 atom stereocenters. The molecule has 4 nitrogen and oxygen atoms in total. The van der Waals surface area contributed by atoms with Gasteiger partial charge in [0, 0.05) is 13.1 Å². The van der Waals surface area contributed by atoms with Crippen molar-refractivity contribution in [2.24, 2.45) is 5.92 Å². The third kappa shape index (κ3) is 3.85. The summed E-state index contributed by atoms with van der Waals surface area (Å²) in [5, 5.41) is 9.38. The summed E-state index contributed by atoms with van der Waals surface area (Å²) >= 11 is 0. The molecule has 1 fully saturated rings. The van der Waals surface area contributed by atoms with Crippen LogP contribution in [0, 0.1) is 19.8 Å². The molecule has 0 saturated carbocycles. The Labute approximate surface area is 155 Å². The molecular formula is C22H27NO3. The Bertz CT molecular complexity index is 792. The van der Waals surface area contributed by atoms with Gasteiger partial charge in [0.05, 0.1) is 18.4 Å². The second kappa shape index (κ2) is 7.81. The van der Waals surface area contributed by atoms with E-state index in [1.165, 1.54) is 11.1 Å². The van der Waals surface area contributed by atoms with Crippen LogP contribution in [0.4, 0.5) is 5.69 Å². The third-order valence-electron chi connectivity index (χ3n) is 5.46. The number of hydrogen-bond donors (Lipinski definition) is 1. The maximum atomic E-state index is 11.4. The van der Waals surface area contributed by atoms with Crippen LogP contribution in [0.2, 0.25) is 0 Å². The van der Waals surface area contributed by atoms with Crippen molar-refractivity contribution in [3.63, 3.8) is 0 Å². The number of hydrogen-bond acceptors (Lipinski definition) is 3. The number of carboxylic acids is 1. The number of methoxy groups -OCH3 is 1. The minimum absolute atomic E-state index is 0.428. The van der Waals surface area contributed by atoms with Crippen molar-refractivity contribution in [1.29, 1.82) is 0 Å². The molecule has 138 valence electrons. The first-order valence-corrected chi connectivity index (χ1v) is 9.21. The molecule has 1 saturated heterocycles. The number of para-hydroxylation sites is 2. The number of ether oxygens (including phenoxy) is 1. The van der Waals surface area contributed by atoms with E-state index >= 15 is 0 Å². The molecule has 1 aliphatic heterocycles. The molecule has 0 spiro atoms. The fraction of sp³-hybridized carbons (Fsp3) is 0.409. The summed E-state index contributed by atoms with van der Waals surface area (Å²) in [4.78, 5) is 13.8. The zero-order valence-electron chi connectivity index (χ0n) is 15.8. The zero-order chi connectivity index (χ0) is 18.7. The fourth-order valence-electron chi connectivity index (χ4n) is 3.93. The maximum absolute atomic E-state index is 11.4. The standard InChI is InChI=1S/C22H27NO3/c1-15-12-16(2)19(22(24)25)14-18(15)13-17-8-10-23(11-9-17)20-6-4-5-7-21(20)26-3/h4-7,12,14,17H,8-11,13H2,1-3H3,(H,24,25). The van der Waals surface area contributed by atoms with E-state index in [4.69, 9.17) is 4.74 Å². The van der Waals surface area contributed by atoms with E-state index in [9.17, 15) is 9.90 Å². The number of carboxylic acid groups (broad SMARTS) is 1. The lowest BCUT2D eigenvalue weighted by Crippen LogP contribution is -2.34. The van der Waals surface area contributed by atoms with Crippen molar-refractivity contribution in [3.8, 4) is 5.75 Å². The first-order chi connectivity index (χ1) is 12.5. The molecule has 0 amide bonds. The fourth-order valence-corrected chi connectivity index (χ4v) is 3.93. The van der Waals surface area contributed by atoms with Crippen LogP contribution < -0.4 is 9.64 Å². The average Bonchev–Trinajstić information content (AvgIpc) is 2.64. The summed E-state index contributed by atoms with van der Waals surface area (Å²) in [6, 6.07) is 12.0. The van der Waals surface area contributed by atoms with Gasteiger partial charge in [0.15, 0.2) is 0 Å². The third-order valence-corrected chi connectivity index (χ3v) is 5.46. The van der Waals surface area contributed by atoms with Crippen LogP contribution in [0.1, 0.15) is 39.9 Å². The van der Waals surface area contributed by atoms with Crippen LogP contribution in [-0.4, -0.2) is 31.3 Å². The van der Waals surface area contributed by atoms with E-state index in [2.05, 4.69) is 17.9 Å². The van der Waals surface area contributed by atoms with Crippen molar-refractivity contribution in [1.82, 2.24) is 0 Å². The molecular weight excluding hydrogens is 326 g/mol. The molecule has 1 N–H and O–H groups in total. The first kappa shape index (κ1) is 18.3. The van der Waals surface area contributed by atoms with Crippen molar-refractivity contribution < 1.29 is 14.6 Å². The van der Waals surface area contributed by atoms with Crippen LogP contribution in [0.25, 0.3) is 0 Å². The summed E-state index contributed by atoms with van der Waals surface area (Å²) in [6.45, 7) is 5.95. The van der Waals surface area contributed by atoms with Gasteiger partial charge in [0.1, 0.15) is 5.75 Å². The molecule has 26 heavy (non-hydrogen) atoms. The molecule has 2 aromatic carbocycles. The van der Waals surface area contributed by atoms with E-state index in [1.807, 2.05) is 37.3 Å². The molecule has 0 radical (unpaired) electrons. The predicted octanol–water partition coefficient (Wildman–Crippen LogP) is 4.47. The van der Waals surface area contributed by atoms with Gasteiger partial charge in [0.25, 0.3) is 0 Å². The summed E-state index contributed by atoms with van der Waals surface area (Å²) in [5.74, 6) is 0.671. The highest BCUT2D eigenvalue weighted by Gasteiger charge is 2.22. The zero-order valence-corrected chi connectivity index (χ0v) is 15.8. The van der Waals surface area contributed by atoms with Crippen LogP contribution in [0.5, 0.6) is 5.75 Å². The largest absolute Gasteiger partial charge is 0.495 e. The normalized spacial score (nSPS) is 15.1. The number of aryl methyl sites for hydroxylation is 2. The second-order valence-corrected chi connectivity index (χ2v) is 7.21. The molecule has 1 heterocycles. The van der Waals surface area contributed by atoms with Crippen LogP contribution >= 0.6 is 0 Å². The van der Waals surface area contributed by atoms with E-state index < -0.39 is 5.97 Å². The number of rotatable bonds is 5. The first-order valence-electron chi connectivity index (χ1n) is 9.21. The molecule has 3 rings (SSSR count). The second-order valence-electron chi connectivity index (χ2n) is 7.21. The Morgan fingerprint density at radius 3 is 2.50 bits per heavy atom. The lowest BCUT2D eigenvalue weighted by atomic mass is 9.87. The molecule has 0 aliphatic carbocycles. The highest BCUT2D eigenvalue weighted by molar-refractivity contribution is 5.89. The Morgan fingerprint density at radius 1 is 1.15 bits per heavy atom. The lowest BCUT2D eigenvalue weighted by molar-refractivity contribution is 0.0696. The van der Waals surface area contributed by atoms with Crippen molar-refractivity contribution >= 4 is 11.7 Å². The van der Waals surface area contributed by atoms with E-state index in [0.29, 0.717) is 11.5 Å². The van der Waals surface area contributed by atoms with Gasteiger partial charge in [-0.2, -0.15) is 0 Å². The maximum Gasteiger partial charge on any atom is 0.335 e. The summed E-state index contributed by atoms with van der Waals surface area (Å²) in [6.07, 6.45) is 3.16. The highest BCUT2D eigenvalue weighted by Crippen LogP contribution is 2.32. The number of piperidine rings is 1. The van der Waals surface area contributed by atoms with Crippen molar-refractivity contribution in [2.75, 3.05) is 25.1 Å². The van der Waals surface area contributed by atoms with E-state index in [1.54, 1.807) is 7.11 Å². The average molecular weight is 353 g/mol. The summed E-state index contributed by atoms with van der Waals surface area (Å²) < 4.78 is 5.49. The van der Waals surface area contributed by atoms with Gasteiger partial charge < -0.3 is 14.7 Å². The Balaban J connectivity index is 1.68. The number of benzene rings is 2. The number of anilines is 1. The smallest absolute Gasteiger partial charge is 0.335 e. The molecule has 0 unspecified atom stereocenters. The van der Waals surface area contributed by atoms with Gasteiger partial charge in [-0.05, 0) is 73.9 Å². The Kier molecular flexibility index (Phi) is 5.50. The minimum atomic E-state index is -0.838. The van der Waals surface area contributed by atoms with Crippen molar-refractivity contribution in [3.05, 3.63) is 58.7 Å². The molecule has 4 heteroatoms. The van der Waals surface area contributed by atoms with Crippen LogP contribution in [-0.2, 0) is 6.42 Å². The number of aromatic carboxylic acids is 1. The quantitative estimate of drug-likeness (QED) is 0.862. The van der Waals surface area contributed by atoms with Gasteiger partial charge in [-0.15, -0.1) is 0 Å². The van der Waals surface area contributed by atoms with Crippen LogP contribution in [0.15, 0.2) is 36.4 Å². The predicted molar refractivity (Wildman–Crippen MR) is 105 cm³/mol. The molecule has 0 aromatic heterocycles. The minimum Gasteiger partial charge on any atom is -0.495 e. The topological polar surface area (TPSA) is 49.8 Å². The monoisotopic (exact) mass is 353 g/mol. The SMILES string of the molecule is COc1ccccc1N1CCC(Cc2cc(C(=O)O)c(C)cc2C)CC1. The van der Waals surface area contributed by atoms with Gasteiger partial charge >= 0.3 is 5.97 Å². The van der Waals surface area contributed by atoms with Crippen molar-refractivity contribution in [2.45, 2.75) is 33.1 Å². The molecule has 2 aromatic rings. The highest BCUT2D eigenvalue weighted by atomic mass is 16.5. The van der Waals surface area contributed by atoms with Crippen LogP contribution in [0.3, 0.4) is 0 Å². The van der Waals surface area contributed by atoms with Gasteiger partial charge in [0.2, 0.25) is 0 Å². The lowest BCUT2D eigenvalue weighted by Gasteiger charge is -2.34. The number of carbonyl (C=O) groups is 1.